The first-order valence-electron chi connectivity index (χ1n) is 5.39. The number of hydrogen-bond donors (Lipinski definition) is 1. The van der Waals surface area contributed by atoms with Crippen LogP contribution in [0.2, 0.25) is 0 Å². The lowest BCUT2D eigenvalue weighted by molar-refractivity contribution is -0.137. The summed E-state index contributed by atoms with van der Waals surface area (Å²) >= 11 is 0. The first kappa shape index (κ1) is 15.0. The molecule has 0 fully saturated rings. The van der Waals surface area contributed by atoms with Gasteiger partial charge in [-0.3, -0.25) is 4.79 Å². The van der Waals surface area contributed by atoms with Gasteiger partial charge in [0.2, 0.25) is 0 Å². The molecule has 0 saturated carbocycles. The van der Waals surface area contributed by atoms with Crippen LogP contribution in [0.5, 0.6) is 0 Å². The Balaban J connectivity index is 0.00000225. The third kappa shape index (κ3) is 5.75. The molecule has 5 heteroatoms. The number of carbonyl (C=O) groups is 1. The number of aromatic nitrogens is 2. The van der Waals surface area contributed by atoms with E-state index in [9.17, 15) is 4.79 Å². The van der Waals surface area contributed by atoms with Crippen molar-refractivity contribution in [3.8, 4) is 0 Å². The summed E-state index contributed by atoms with van der Waals surface area (Å²) in [5, 5.41) is 8.46. The van der Waals surface area contributed by atoms with Crippen LogP contribution in [0.25, 0.3) is 0 Å². The fourth-order valence-corrected chi connectivity index (χ4v) is 1.57. The van der Waals surface area contributed by atoms with Gasteiger partial charge in [0, 0.05) is 24.9 Å². The van der Waals surface area contributed by atoms with Crippen molar-refractivity contribution in [2.45, 2.75) is 45.1 Å². The second-order valence-electron chi connectivity index (χ2n) is 3.85. The van der Waals surface area contributed by atoms with Crippen LogP contribution in [0, 0.1) is 0 Å². The average molecular weight is 247 g/mol. The van der Waals surface area contributed by atoms with E-state index in [1.54, 1.807) is 6.20 Å². The number of nitrogens with zero attached hydrogens (tertiary/aromatic N) is 2. The van der Waals surface area contributed by atoms with Crippen molar-refractivity contribution in [2.75, 3.05) is 0 Å². The molecule has 0 aliphatic rings. The highest BCUT2D eigenvalue weighted by molar-refractivity contribution is 5.85. The van der Waals surface area contributed by atoms with E-state index in [1.807, 2.05) is 12.5 Å². The molecule has 4 nitrogen and oxygen atoms in total. The molecule has 1 N–H and O–H groups in total. The van der Waals surface area contributed by atoms with Gasteiger partial charge in [-0.1, -0.05) is 12.8 Å². The van der Waals surface area contributed by atoms with Gasteiger partial charge in [-0.15, -0.1) is 12.4 Å². The molecule has 0 spiro atoms. The highest BCUT2D eigenvalue weighted by Gasteiger charge is 2.03. The lowest BCUT2D eigenvalue weighted by Gasteiger charge is -2.12. The van der Waals surface area contributed by atoms with E-state index in [2.05, 4.69) is 16.5 Å². The summed E-state index contributed by atoms with van der Waals surface area (Å²) in [4.78, 5) is 14.3. The third-order valence-electron chi connectivity index (χ3n) is 2.55. The molecule has 1 rings (SSSR count). The molecule has 1 atom stereocenters. The quantitative estimate of drug-likeness (QED) is 0.753. The molecule has 16 heavy (non-hydrogen) atoms. The summed E-state index contributed by atoms with van der Waals surface area (Å²) in [6.07, 6.45) is 9.78. The maximum absolute atomic E-state index is 10.3. The topological polar surface area (TPSA) is 55.1 Å². The maximum Gasteiger partial charge on any atom is 0.303 e. The maximum atomic E-state index is 10.3. The van der Waals surface area contributed by atoms with Gasteiger partial charge in [-0.2, -0.15) is 0 Å². The number of carboxylic acids is 1. The number of unbranched alkanes of at least 4 members (excludes halogenated alkanes) is 2. The molecule has 92 valence electrons. The van der Waals surface area contributed by atoms with E-state index in [0.29, 0.717) is 12.5 Å². The van der Waals surface area contributed by atoms with Crippen molar-refractivity contribution < 1.29 is 9.90 Å². The molecule has 1 aromatic rings. The monoisotopic (exact) mass is 246 g/mol. The smallest absolute Gasteiger partial charge is 0.303 e. The summed E-state index contributed by atoms with van der Waals surface area (Å²) in [5.74, 6) is -0.697. The predicted octanol–water partition coefficient (Wildman–Crippen LogP) is 2.90. The van der Waals surface area contributed by atoms with Gasteiger partial charge in [0.05, 0.1) is 6.33 Å². The molecule has 0 aliphatic heterocycles. The Hall–Kier alpha value is -1.03. The second kappa shape index (κ2) is 8.16. The Labute approximate surface area is 102 Å². The van der Waals surface area contributed by atoms with E-state index in [4.69, 9.17) is 5.11 Å². The van der Waals surface area contributed by atoms with E-state index < -0.39 is 5.97 Å². The standard InChI is InChI=1S/C11H18N2O2.ClH/c1-10(13-8-7-12-9-13)5-3-2-4-6-11(14)15;/h7-10H,2-6H2,1H3,(H,14,15);1H. The van der Waals surface area contributed by atoms with Crippen LogP contribution in [0.1, 0.15) is 45.1 Å². The van der Waals surface area contributed by atoms with Crippen LogP contribution in [-0.2, 0) is 4.79 Å². The molecule has 0 amide bonds. The van der Waals surface area contributed by atoms with E-state index in [-0.39, 0.29) is 12.4 Å². The number of imidazole rings is 1. The Morgan fingerprint density at radius 3 is 2.75 bits per heavy atom. The number of hydrogen-bond acceptors (Lipinski definition) is 2. The minimum atomic E-state index is -0.697. The second-order valence-corrected chi connectivity index (χ2v) is 3.85. The van der Waals surface area contributed by atoms with Gasteiger partial charge < -0.3 is 9.67 Å². The molecule has 0 saturated heterocycles. The van der Waals surface area contributed by atoms with Crippen LogP contribution < -0.4 is 0 Å². The summed E-state index contributed by atoms with van der Waals surface area (Å²) < 4.78 is 2.08. The number of carboxylic acid groups (broad SMARTS) is 1. The molecule has 1 unspecified atom stereocenters. The van der Waals surface area contributed by atoms with Crippen LogP contribution in [0.3, 0.4) is 0 Å². The van der Waals surface area contributed by atoms with Crippen molar-refractivity contribution in [3.63, 3.8) is 0 Å². The fraction of sp³-hybridized carbons (Fsp3) is 0.636. The minimum absolute atomic E-state index is 0. The van der Waals surface area contributed by atoms with Gasteiger partial charge in [-0.05, 0) is 19.8 Å². The van der Waals surface area contributed by atoms with Crippen molar-refractivity contribution in [1.82, 2.24) is 9.55 Å². The van der Waals surface area contributed by atoms with Crippen LogP contribution in [0.4, 0.5) is 0 Å². The lowest BCUT2D eigenvalue weighted by Crippen LogP contribution is -2.02. The molecule has 1 heterocycles. The largest absolute Gasteiger partial charge is 0.481 e. The molecule has 0 aromatic carbocycles. The highest BCUT2D eigenvalue weighted by atomic mass is 35.5. The molecule has 0 radical (unpaired) electrons. The lowest BCUT2D eigenvalue weighted by atomic mass is 10.1. The summed E-state index contributed by atoms with van der Waals surface area (Å²) in [5.41, 5.74) is 0. The predicted molar refractivity (Wildman–Crippen MR) is 64.9 cm³/mol. The highest BCUT2D eigenvalue weighted by Crippen LogP contribution is 2.14. The van der Waals surface area contributed by atoms with Crippen molar-refractivity contribution in [2.24, 2.45) is 0 Å². The Bertz CT molecular complexity index is 288. The van der Waals surface area contributed by atoms with Crippen molar-refractivity contribution in [1.29, 1.82) is 0 Å². The zero-order valence-corrected chi connectivity index (χ0v) is 10.3. The van der Waals surface area contributed by atoms with Crippen LogP contribution >= 0.6 is 12.4 Å². The fourth-order valence-electron chi connectivity index (χ4n) is 1.57. The Kier molecular flexibility index (Phi) is 7.64. The number of aliphatic carboxylic acids is 1. The number of rotatable bonds is 7. The molecule has 0 bridgehead atoms. The molecular weight excluding hydrogens is 228 g/mol. The summed E-state index contributed by atoms with van der Waals surface area (Å²) in [6.45, 7) is 2.15. The van der Waals surface area contributed by atoms with Gasteiger partial charge in [0.1, 0.15) is 0 Å². The van der Waals surface area contributed by atoms with Gasteiger partial charge in [0.25, 0.3) is 0 Å². The van der Waals surface area contributed by atoms with E-state index >= 15 is 0 Å². The SMILES string of the molecule is CC(CCCCCC(=O)O)n1ccnc1.Cl. The van der Waals surface area contributed by atoms with Crippen molar-refractivity contribution in [3.05, 3.63) is 18.7 Å². The van der Waals surface area contributed by atoms with E-state index in [0.717, 1.165) is 25.7 Å². The van der Waals surface area contributed by atoms with Crippen LogP contribution in [0.15, 0.2) is 18.7 Å². The van der Waals surface area contributed by atoms with Gasteiger partial charge in [-0.25, -0.2) is 4.98 Å². The molecular formula is C11H19ClN2O2. The Morgan fingerprint density at radius 1 is 1.44 bits per heavy atom. The van der Waals surface area contributed by atoms with E-state index in [1.165, 1.54) is 0 Å². The minimum Gasteiger partial charge on any atom is -0.481 e. The summed E-state index contributed by atoms with van der Waals surface area (Å²) in [6, 6.07) is 0.456. The third-order valence-corrected chi connectivity index (χ3v) is 2.55. The average Bonchev–Trinajstić information content (AvgIpc) is 2.69. The number of halogens is 1. The van der Waals surface area contributed by atoms with Crippen molar-refractivity contribution >= 4 is 18.4 Å². The van der Waals surface area contributed by atoms with Gasteiger partial charge >= 0.3 is 5.97 Å². The summed E-state index contributed by atoms with van der Waals surface area (Å²) in [7, 11) is 0. The van der Waals surface area contributed by atoms with Crippen LogP contribution in [-0.4, -0.2) is 20.6 Å². The first-order valence-corrected chi connectivity index (χ1v) is 5.39. The first-order chi connectivity index (χ1) is 7.20. The normalized spacial score (nSPS) is 11.8. The molecule has 1 aromatic heterocycles. The molecule has 0 aliphatic carbocycles. The zero-order valence-electron chi connectivity index (χ0n) is 9.50. The van der Waals surface area contributed by atoms with Gasteiger partial charge in [0.15, 0.2) is 0 Å². The zero-order chi connectivity index (χ0) is 11.1. The Morgan fingerprint density at radius 2 is 2.19 bits per heavy atom.